The number of nitrogens with zero attached hydrogens (tertiary/aromatic N) is 2. The highest BCUT2D eigenvalue weighted by atomic mass is 127. The van der Waals surface area contributed by atoms with Crippen molar-refractivity contribution in [2.24, 2.45) is 4.99 Å². The molecule has 0 bridgehead atoms. The third kappa shape index (κ3) is 7.36. The average Bonchev–Trinajstić information content (AvgIpc) is 2.71. The standard InChI is InChI=1S/C21H28N4O.HI/c1-22-21(25-19-10-6-3-7-11-19)24-15-18-12-13-23-20(14-18)26-16-17-8-4-2-5-9-17;/h2,4-5,8-9,12-14,19H,3,6-7,10-11,15-16H2,1H3,(H2,22,24,25);1H. The van der Waals surface area contributed by atoms with Crippen molar-refractivity contribution in [2.45, 2.75) is 51.3 Å². The topological polar surface area (TPSA) is 58.5 Å². The molecule has 1 fully saturated rings. The molecule has 0 radical (unpaired) electrons. The van der Waals surface area contributed by atoms with Gasteiger partial charge in [-0.3, -0.25) is 4.99 Å². The second-order valence-electron chi connectivity index (χ2n) is 6.68. The largest absolute Gasteiger partial charge is 0.473 e. The van der Waals surface area contributed by atoms with Crippen LogP contribution < -0.4 is 15.4 Å². The van der Waals surface area contributed by atoms with E-state index in [0.29, 0.717) is 25.1 Å². The van der Waals surface area contributed by atoms with E-state index in [0.717, 1.165) is 17.1 Å². The van der Waals surface area contributed by atoms with Crippen molar-refractivity contribution in [2.75, 3.05) is 7.05 Å². The molecule has 27 heavy (non-hydrogen) atoms. The maximum absolute atomic E-state index is 5.80. The Balaban J connectivity index is 0.00000261. The summed E-state index contributed by atoms with van der Waals surface area (Å²) >= 11 is 0. The Morgan fingerprint density at radius 1 is 1.11 bits per heavy atom. The smallest absolute Gasteiger partial charge is 0.213 e. The van der Waals surface area contributed by atoms with E-state index >= 15 is 0 Å². The van der Waals surface area contributed by atoms with Crippen LogP contribution in [-0.4, -0.2) is 24.0 Å². The van der Waals surface area contributed by atoms with Gasteiger partial charge in [0.05, 0.1) is 0 Å². The van der Waals surface area contributed by atoms with Crippen LogP contribution in [0.2, 0.25) is 0 Å². The predicted octanol–water partition coefficient (Wildman–Crippen LogP) is 4.28. The van der Waals surface area contributed by atoms with E-state index in [1.165, 1.54) is 32.1 Å². The molecule has 1 aromatic carbocycles. The van der Waals surface area contributed by atoms with Crippen LogP contribution in [0.5, 0.6) is 5.88 Å². The summed E-state index contributed by atoms with van der Waals surface area (Å²) in [5.74, 6) is 1.50. The molecule has 3 rings (SSSR count). The van der Waals surface area contributed by atoms with Gasteiger partial charge in [-0.25, -0.2) is 4.98 Å². The fraction of sp³-hybridized carbons (Fsp3) is 0.429. The normalized spacial score (nSPS) is 14.9. The molecule has 1 heterocycles. The van der Waals surface area contributed by atoms with Gasteiger partial charge in [-0.05, 0) is 30.0 Å². The van der Waals surface area contributed by atoms with Gasteiger partial charge in [0.15, 0.2) is 5.96 Å². The van der Waals surface area contributed by atoms with Gasteiger partial charge in [-0.2, -0.15) is 0 Å². The SMILES string of the molecule is CN=C(NCc1ccnc(OCc2ccccc2)c1)NC1CCCCC1.I. The zero-order valence-corrected chi connectivity index (χ0v) is 18.2. The number of hydrogen-bond donors (Lipinski definition) is 2. The van der Waals surface area contributed by atoms with Crippen LogP contribution in [0.25, 0.3) is 0 Å². The molecule has 0 saturated heterocycles. The number of guanidine groups is 1. The minimum atomic E-state index is 0. The molecule has 2 N–H and O–H groups in total. The molecule has 1 aromatic heterocycles. The van der Waals surface area contributed by atoms with Crippen molar-refractivity contribution in [1.29, 1.82) is 0 Å². The van der Waals surface area contributed by atoms with Gasteiger partial charge in [-0.1, -0.05) is 49.6 Å². The zero-order chi connectivity index (χ0) is 18.0. The lowest BCUT2D eigenvalue weighted by atomic mass is 9.96. The summed E-state index contributed by atoms with van der Waals surface area (Å²) in [6.07, 6.45) is 8.21. The molecule has 0 unspecified atom stereocenters. The van der Waals surface area contributed by atoms with Crippen LogP contribution in [-0.2, 0) is 13.2 Å². The van der Waals surface area contributed by atoms with Crippen LogP contribution in [0.4, 0.5) is 0 Å². The summed E-state index contributed by atoms with van der Waals surface area (Å²) in [7, 11) is 1.82. The fourth-order valence-corrected chi connectivity index (χ4v) is 3.19. The number of aromatic nitrogens is 1. The van der Waals surface area contributed by atoms with E-state index in [2.05, 4.69) is 20.6 Å². The lowest BCUT2D eigenvalue weighted by Gasteiger charge is -2.24. The Labute approximate surface area is 179 Å². The van der Waals surface area contributed by atoms with E-state index in [-0.39, 0.29) is 24.0 Å². The van der Waals surface area contributed by atoms with Crippen molar-refractivity contribution < 1.29 is 4.74 Å². The number of aliphatic imine (C=N–C) groups is 1. The predicted molar refractivity (Wildman–Crippen MR) is 121 cm³/mol. The molecular weight excluding hydrogens is 451 g/mol. The first-order valence-corrected chi connectivity index (χ1v) is 9.42. The van der Waals surface area contributed by atoms with Crippen LogP contribution in [0.3, 0.4) is 0 Å². The van der Waals surface area contributed by atoms with Crippen LogP contribution in [0.1, 0.15) is 43.2 Å². The molecule has 1 aliphatic carbocycles. The van der Waals surface area contributed by atoms with Gasteiger partial charge >= 0.3 is 0 Å². The molecule has 0 amide bonds. The molecule has 146 valence electrons. The Bertz CT molecular complexity index is 702. The highest BCUT2D eigenvalue weighted by Crippen LogP contribution is 2.17. The molecule has 5 nitrogen and oxygen atoms in total. The number of benzene rings is 1. The Hall–Kier alpha value is -1.83. The van der Waals surface area contributed by atoms with E-state index < -0.39 is 0 Å². The number of ether oxygens (including phenoxy) is 1. The number of hydrogen-bond acceptors (Lipinski definition) is 3. The van der Waals surface area contributed by atoms with Crippen molar-refractivity contribution in [3.63, 3.8) is 0 Å². The quantitative estimate of drug-likeness (QED) is 0.368. The first-order chi connectivity index (χ1) is 12.8. The lowest BCUT2D eigenvalue weighted by molar-refractivity contribution is 0.293. The monoisotopic (exact) mass is 480 g/mol. The molecule has 0 atom stereocenters. The summed E-state index contributed by atoms with van der Waals surface area (Å²) in [5.41, 5.74) is 2.25. The van der Waals surface area contributed by atoms with Gasteiger partial charge in [0.2, 0.25) is 5.88 Å². The molecule has 6 heteroatoms. The van der Waals surface area contributed by atoms with Gasteiger partial charge in [0.25, 0.3) is 0 Å². The fourth-order valence-electron chi connectivity index (χ4n) is 3.19. The summed E-state index contributed by atoms with van der Waals surface area (Å²) in [6, 6.07) is 14.6. The molecule has 1 aliphatic rings. The highest BCUT2D eigenvalue weighted by Gasteiger charge is 2.14. The maximum atomic E-state index is 5.80. The highest BCUT2D eigenvalue weighted by molar-refractivity contribution is 14.0. The molecule has 1 saturated carbocycles. The van der Waals surface area contributed by atoms with E-state index in [1.807, 2.05) is 49.5 Å². The summed E-state index contributed by atoms with van der Waals surface area (Å²) in [6.45, 7) is 1.21. The second kappa shape index (κ2) is 11.8. The van der Waals surface area contributed by atoms with Gasteiger partial charge < -0.3 is 15.4 Å². The molecule has 0 spiro atoms. The second-order valence-corrected chi connectivity index (χ2v) is 6.68. The van der Waals surface area contributed by atoms with E-state index in [9.17, 15) is 0 Å². The zero-order valence-electron chi connectivity index (χ0n) is 15.9. The minimum absolute atomic E-state index is 0. The third-order valence-corrected chi connectivity index (χ3v) is 4.66. The first-order valence-electron chi connectivity index (χ1n) is 9.42. The van der Waals surface area contributed by atoms with Crippen LogP contribution in [0, 0.1) is 0 Å². The average molecular weight is 480 g/mol. The Morgan fingerprint density at radius 3 is 2.63 bits per heavy atom. The van der Waals surface area contributed by atoms with Crippen molar-refractivity contribution in [3.05, 3.63) is 59.8 Å². The Kier molecular flexibility index (Phi) is 9.38. The molecule has 2 aromatic rings. The van der Waals surface area contributed by atoms with Crippen molar-refractivity contribution in [3.8, 4) is 5.88 Å². The summed E-state index contributed by atoms with van der Waals surface area (Å²) in [5, 5.41) is 6.92. The summed E-state index contributed by atoms with van der Waals surface area (Å²) < 4.78 is 5.80. The van der Waals surface area contributed by atoms with Crippen LogP contribution in [0.15, 0.2) is 53.7 Å². The summed E-state index contributed by atoms with van der Waals surface area (Å²) in [4.78, 5) is 8.64. The van der Waals surface area contributed by atoms with Crippen LogP contribution >= 0.6 is 24.0 Å². The maximum Gasteiger partial charge on any atom is 0.213 e. The van der Waals surface area contributed by atoms with E-state index in [1.54, 1.807) is 6.20 Å². The number of pyridine rings is 1. The third-order valence-electron chi connectivity index (χ3n) is 4.66. The molecular formula is C21H29IN4O. The minimum Gasteiger partial charge on any atom is -0.473 e. The number of rotatable bonds is 6. The lowest BCUT2D eigenvalue weighted by Crippen LogP contribution is -2.43. The van der Waals surface area contributed by atoms with Crippen molar-refractivity contribution in [1.82, 2.24) is 15.6 Å². The van der Waals surface area contributed by atoms with E-state index in [4.69, 9.17) is 4.74 Å². The molecule has 0 aliphatic heterocycles. The first kappa shape index (κ1) is 21.5. The van der Waals surface area contributed by atoms with Gasteiger partial charge in [-0.15, -0.1) is 24.0 Å². The van der Waals surface area contributed by atoms with Gasteiger partial charge in [0.1, 0.15) is 6.61 Å². The Morgan fingerprint density at radius 2 is 1.89 bits per heavy atom. The van der Waals surface area contributed by atoms with Crippen molar-refractivity contribution >= 4 is 29.9 Å². The number of halogens is 1. The van der Waals surface area contributed by atoms with Gasteiger partial charge in [0, 0.05) is 31.9 Å². The number of nitrogens with one attached hydrogen (secondary N) is 2.